The number of hydrogen-bond acceptors (Lipinski definition) is 6. The van der Waals surface area contributed by atoms with Crippen LogP contribution in [0, 0.1) is 0 Å². The van der Waals surface area contributed by atoms with E-state index < -0.39 is 0 Å². The Bertz CT molecular complexity index is 868. The first-order chi connectivity index (χ1) is 11.8. The fourth-order valence-corrected chi connectivity index (χ4v) is 2.78. The molecule has 6 heteroatoms. The molecule has 0 spiro atoms. The average molecular weight is 324 g/mol. The van der Waals surface area contributed by atoms with Crippen LogP contribution in [0.4, 0.5) is 0 Å². The summed E-state index contributed by atoms with van der Waals surface area (Å²) in [5.74, 6) is 1.40. The lowest BCUT2D eigenvalue weighted by Crippen LogP contribution is -2.25. The summed E-state index contributed by atoms with van der Waals surface area (Å²) in [5, 5.41) is 0.785. The number of ether oxygens (including phenoxy) is 2. The van der Waals surface area contributed by atoms with E-state index in [1.54, 1.807) is 12.1 Å². The van der Waals surface area contributed by atoms with E-state index in [1.807, 2.05) is 18.2 Å². The molecule has 0 N–H and O–H groups in total. The largest absolute Gasteiger partial charge is 0.453 e. The van der Waals surface area contributed by atoms with Gasteiger partial charge in [0.1, 0.15) is 12.1 Å². The van der Waals surface area contributed by atoms with E-state index in [4.69, 9.17) is 13.9 Å². The molecular formula is C18H16N2O4. The third kappa shape index (κ3) is 2.88. The molecular weight excluding hydrogens is 308 g/mol. The molecule has 0 saturated carbocycles. The molecule has 0 aliphatic carbocycles. The first-order valence-electron chi connectivity index (χ1n) is 7.92. The maximum absolute atomic E-state index is 10.8. The van der Waals surface area contributed by atoms with Crippen molar-refractivity contribution in [3.8, 4) is 17.2 Å². The zero-order valence-electron chi connectivity index (χ0n) is 13.0. The molecule has 0 bridgehead atoms. The smallest absolute Gasteiger partial charge is 0.226 e. The molecule has 1 aliphatic heterocycles. The van der Waals surface area contributed by atoms with Gasteiger partial charge in [0.25, 0.3) is 0 Å². The van der Waals surface area contributed by atoms with Gasteiger partial charge < -0.3 is 13.9 Å². The van der Waals surface area contributed by atoms with Crippen molar-refractivity contribution in [3.05, 3.63) is 42.4 Å². The molecule has 1 aliphatic rings. The zero-order chi connectivity index (χ0) is 16.4. The number of aldehydes is 1. The number of carbonyl (C=O) groups is 1. The second kappa shape index (κ2) is 6.41. The Kier molecular flexibility index (Phi) is 3.96. The van der Waals surface area contributed by atoms with Crippen LogP contribution in [0.5, 0.6) is 5.88 Å². The maximum Gasteiger partial charge on any atom is 0.226 e. The van der Waals surface area contributed by atoms with Crippen LogP contribution in [0.15, 0.2) is 41.1 Å². The standard InChI is InChI=1S/C18H16N2O4/c21-10-13-5-7-16(23-13)12-4-6-15-14(9-12)18(20-11-19-15)24-17-3-1-2-8-22-17/h4-7,9-11,17H,1-3,8H2. The van der Waals surface area contributed by atoms with Crippen LogP contribution in [-0.4, -0.2) is 29.2 Å². The molecule has 24 heavy (non-hydrogen) atoms. The summed E-state index contributed by atoms with van der Waals surface area (Å²) in [6.07, 6.45) is 4.89. The summed E-state index contributed by atoms with van der Waals surface area (Å²) in [6.45, 7) is 0.708. The first kappa shape index (κ1) is 14.8. The van der Waals surface area contributed by atoms with Crippen LogP contribution in [0.2, 0.25) is 0 Å². The summed E-state index contributed by atoms with van der Waals surface area (Å²) in [6, 6.07) is 9.08. The fraction of sp³-hybridized carbons (Fsp3) is 0.278. The monoisotopic (exact) mass is 324 g/mol. The lowest BCUT2D eigenvalue weighted by Gasteiger charge is -2.23. The van der Waals surface area contributed by atoms with Crippen LogP contribution in [0.3, 0.4) is 0 Å². The van der Waals surface area contributed by atoms with E-state index in [-0.39, 0.29) is 6.29 Å². The number of furan rings is 1. The topological polar surface area (TPSA) is 74.5 Å². The van der Waals surface area contributed by atoms with Crippen molar-refractivity contribution in [2.75, 3.05) is 6.61 Å². The summed E-state index contributed by atoms with van der Waals surface area (Å²) in [7, 11) is 0. The molecule has 122 valence electrons. The van der Waals surface area contributed by atoms with Crippen LogP contribution < -0.4 is 4.74 Å². The van der Waals surface area contributed by atoms with Gasteiger partial charge in [-0.2, -0.15) is 0 Å². The number of fused-ring (bicyclic) bond motifs is 1. The molecule has 1 unspecified atom stereocenters. The van der Waals surface area contributed by atoms with Crippen molar-refractivity contribution < 1.29 is 18.7 Å². The Hall–Kier alpha value is -2.73. The Balaban J connectivity index is 1.71. The molecule has 1 fully saturated rings. The van der Waals surface area contributed by atoms with Crippen molar-refractivity contribution in [3.63, 3.8) is 0 Å². The van der Waals surface area contributed by atoms with E-state index in [0.717, 1.165) is 35.7 Å². The number of hydrogen-bond donors (Lipinski definition) is 0. The molecule has 4 rings (SSSR count). The predicted molar refractivity (Wildman–Crippen MR) is 86.8 cm³/mol. The normalized spacial score (nSPS) is 17.8. The number of rotatable bonds is 4. The van der Waals surface area contributed by atoms with E-state index in [9.17, 15) is 4.79 Å². The van der Waals surface area contributed by atoms with Gasteiger partial charge >= 0.3 is 0 Å². The van der Waals surface area contributed by atoms with Crippen LogP contribution in [0.1, 0.15) is 29.8 Å². The van der Waals surface area contributed by atoms with Gasteiger partial charge in [0.15, 0.2) is 12.0 Å². The molecule has 3 aromatic rings. The molecule has 1 aromatic carbocycles. The van der Waals surface area contributed by atoms with E-state index in [1.165, 1.54) is 6.33 Å². The van der Waals surface area contributed by atoms with Crippen LogP contribution >= 0.6 is 0 Å². The highest BCUT2D eigenvalue weighted by Gasteiger charge is 2.18. The van der Waals surface area contributed by atoms with Gasteiger partial charge in [-0.25, -0.2) is 9.97 Å². The minimum atomic E-state index is -0.272. The molecule has 1 atom stereocenters. The van der Waals surface area contributed by atoms with Crippen molar-refractivity contribution in [2.24, 2.45) is 0 Å². The maximum atomic E-state index is 10.8. The second-order valence-corrected chi connectivity index (χ2v) is 5.64. The molecule has 1 saturated heterocycles. The minimum absolute atomic E-state index is 0.272. The summed E-state index contributed by atoms with van der Waals surface area (Å²) >= 11 is 0. The SMILES string of the molecule is O=Cc1ccc(-c2ccc3ncnc(OC4CCCCO4)c3c2)o1. The van der Waals surface area contributed by atoms with Crippen LogP contribution in [-0.2, 0) is 4.74 Å². The molecule has 6 nitrogen and oxygen atoms in total. The average Bonchev–Trinajstić information content (AvgIpc) is 3.12. The number of benzene rings is 1. The van der Waals surface area contributed by atoms with Gasteiger partial charge in [0.05, 0.1) is 17.5 Å². The summed E-state index contributed by atoms with van der Waals surface area (Å²) in [5.41, 5.74) is 1.61. The first-order valence-corrected chi connectivity index (χ1v) is 7.92. The van der Waals surface area contributed by atoms with Crippen molar-refractivity contribution in [1.82, 2.24) is 9.97 Å². The molecule has 0 amide bonds. The lowest BCUT2D eigenvalue weighted by molar-refractivity contribution is -0.107. The van der Waals surface area contributed by atoms with E-state index >= 15 is 0 Å². The molecule has 3 heterocycles. The minimum Gasteiger partial charge on any atom is -0.453 e. The molecule has 2 aromatic heterocycles. The Morgan fingerprint density at radius 1 is 1.17 bits per heavy atom. The van der Waals surface area contributed by atoms with Crippen LogP contribution in [0.25, 0.3) is 22.2 Å². The van der Waals surface area contributed by atoms with Gasteiger partial charge in [0, 0.05) is 12.0 Å². The zero-order valence-corrected chi connectivity index (χ0v) is 13.0. The third-order valence-corrected chi connectivity index (χ3v) is 4.01. The number of aromatic nitrogens is 2. The lowest BCUT2D eigenvalue weighted by atomic mass is 10.1. The molecule has 0 radical (unpaired) electrons. The number of nitrogens with zero attached hydrogens (tertiary/aromatic N) is 2. The van der Waals surface area contributed by atoms with Gasteiger partial charge in [0.2, 0.25) is 12.2 Å². The summed E-state index contributed by atoms with van der Waals surface area (Å²) < 4.78 is 17.0. The Morgan fingerprint density at radius 3 is 2.92 bits per heavy atom. The van der Waals surface area contributed by atoms with Gasteiger partial charge in [-0.05, 0) is 43.2 Å². The van der Waals surface area contributed by atoms with E-state index in [2.05, 4.69) is 9.97 Å². The van der Waals surface area contributed by atoms with Gasteiger partial charge in [-0.3, -0.25) is 4.79 Å². The fourth-order valence-electron chi connectivity index (χ4n) is 2.78. The Labute approximate surface area is 138 Å². The predicted octanol–water partition coefficient (Wildman–Crippen LogP) is 3.61. The van der Waals surface area contributed by atoms with Gasteiger partial charge in [-0.1, -0.05) is 0 Å². The van der Waals surface area contributed by atoms with E-state index in [0.29, 0.717) is 30.3 Å². The second-order valence-electron chi connectivity index (χ2n) is 5.64. The number of carbonyl (C=O) groups excluding carboxylic acids is 1. The third-order valence-electron chi connectivity index (χ3n) is 4.01. The summed E-state index contributed by atoms with van der Waals surface area (Å²) in [4.78, 5) is 19.3. The quantitative estimate of drug-likeness (QED) is 0.683. The highest BCUT2D eigenvalue weighted by molar-refractivity contribution is 5.87. The highest BCUT2D eigenvalue weighted by Crippen LogP contribution is 2.30. The van der Waals surface area contributed by atoms with Crippen molar-refractivity contribution in [2.45, 2.75) is 25.6 Å². The van der Waals surface area contributed by atoms with Gasteiger partial charge in [-0.15, -0.1) is 0 Å². The highest BCUT2D eigenvalue weighted by atomic mass is 16.7. The Morgan fingerprint density at radius 2 is 2.12 bits per heavy atom. The van der Waals surface area contributed by atoms with Crippen molar-refractivity contribution in [1.29, 1.82) is 0 Å². The van der Waals surface area contributed by atoms with Crippen molar-refractivity contribution >= 4 is 17.2 Å².